The van der Waals surface area contributed by atoms with E-state index in [4.69, 9.17) is 18.0 Å². The number of hydrogen-bond donors (Lipinski definition) is 1. The first-order chi connectivity index (χ1) is 16.0. The lowest BCUT2D eigenvalue weighted by Crippen LogP contribution is -2.27. The third kappa shape index (κ3) is 8.52. The summed E-state index contributed by atoms with van der Waals surface area (Å²) in [6.45, 7) is 3.81. The molecule has 0 saturated carbocycles. The van der Waals surface area contributed by atoms with E-state index in [0.29, 0.717) is 0 Å². The van der Waals surface area contributed by atoms with Crippen LogP contribution in [-0.2, 0) is 28.8 Å². The van der Waals surface area contributed by atoms with Crippen LogP contribution in [0.2, 0.25) is 0 Å². The lowest BCUT2D eigenvalue weighted by atomic mass is 10.1. The van der Waals surface area contributed by atoms with Crippen molar-refractivity contribution >= 4 is 18.0 Å². The van der Waals surface area contributed by atoms with Crippen molar-refractivity contribution in [3.05, 3.63) is 77.0 Å². The normalized spacial score (nSPS) is 11.5. The van der Waals surface area contributed by atoms with Crippen LogP contribution in [0.25, 0.3) is 6.08 Å². The third-order valence-electron chi connectivity index (χ3n) is 5.18. The highest BCUT2D eigenvalue weighted by Crippen LogP contribution is 2.18. The molecule has 0 unspecified atom stereocenters. The van der Waals surface area contributed by atoms with Gasteiger partial charge in [-0.1, -0.05) is 5.57 Å². The van der Waals surface area contributed by atoms with Crippen molar-refractivity contribution in [3.63, 3.8) is 0 Å². The Morgan fingerprint density at radius 1 is 0.970 bits per heavy atom. The Balaban J connectivity index is 1.36. The van der Waals surface area contributed by atoms with E-state index in [1.807, 2.05) is 12.3 Å². The van der Waals surface area contributed by atoms with Crippen molar-refractivity contribution in [2.75, 3.05) is 13.2 Å². The van der Waals surface area contributed by atoms with Gasteiger partial charge in [0, 0.05) is 6.92 Å². The van der Waals surface area contributed by atoms with Crippen LogP contribution in [0.4, 0.5) is 0 Å². The Kier molecular flexibility index (Phi) is 9.18. The molecular weight excluding hydrogens is 422 g/mol. The molecule has 7 nitrogen and oxygen atoms in total. The zero-order valence-corrected chi connectivity index (χ0v) is 19.2. The molecule has 0 spiro atoms. The minimum atomic E-state index is -0.372. The fourth-order valence-corrected chi connectivity index (χ4v) is 3.49. The van der Waals surface area contributed by atoms with Crippen molar-refractivity contribution in [1.82, 2.24) is 5.32 Å². The molecule has 0 aliphatic carbocycles. The van der Waals surface area contributed by atoms with Crippen LogP contribution in [0.3, 0.4) is 0 Å². The summed E-state index contributed by atoms with van der Waals surface area (Å²) in [5, 5.41) is 2.66. The Morgan fingerprint density at radius 3 is 2.52 bits per heavy atom. The molecule has 0 radical (unpaired) electrons. The van der Waals surface area contributed by atoms with Crippen LogP contribution in [0.5, 0.6) is 0 Å². The van der Waals surface area contributed by atoms with E-state index in [-0.39, 0.29) is 30.8 Å². The Labute approximate surface area is 193 Å². The number of carbonyl (C=O) groups is 2. The number of carbonyl (C=O) groups excluding carboxylic acids is 2. The number of hydrogen-bond acceptors (Lipinski definition) is 6. The molecule has 7 heteroatoms. The zero-order chi connectivity index (χ0) is 23.5. The summed E-state index contributed by atoms with van der Waals surface area (Å²) in [7, 11) is 0. The zero-order valence-electron chi connectivity index (χ0n) is 19.2. The molecule has 0 atom stereocenters. The van der Waals surface area contributed by atoms with Crippen LogP contribution in [0.1, 0.15) is 66.1 Å². The van der Waals surface area contributed by atoms with Gasteiger partial charge in [0.1, 0.15) is 12.4 Å². The minimum Gasteiger partial charge on any atom is -0.472 e. The number of esters is 1. The maximum absolute atomic E-state index is 12.0. The average molecular weight is 454 g/mol. The molecule has 3 rings (SSSR count). The first-order valence-electron chi connectivity index (χ1n) is 11.2. The third-order valence-corrected chi connectivity index (χ3v) is 5.18. The van der Waals surface area contributed by atoms with Gasteiger partial charge in [-0.3, -0.25) is 9.59 Å². The van der Waals surface area contributed by atoms with Gasteiger partial charge in [-0.15, -0.1) is 0 Å². The van der Waals surface area contributed by atoms with E-state index in [9.17, 15) is 9.59 Å². The maximum Gasteiger partial charge on any atom is 0.302 e. The molecule has 0 aliphatic rings. The maximum atomic E-state index is 12.0. The van der Waals surface area contributed by atoms with Crippen molar-refractivity contribution in [3.8, 4) is 0 Å². The lowest BCUT2D eigenvalue weighted by Gasteiger charge is -2.03. The first-order valence-corrected chi connectivity index (χ1v) is 11.2. The van der Waals surface area contributed by atoms with Crippen molar-refractivity contribution < 1.29 is 27.6 Å². The van der Waals surface area contributed by atoms with Gasteiger partial charge in [-0.25, -0.2) is 0 Å². The van der Waals surface area contributed by atoms with E-state index in [2.05, 4.69) is 24.4 Å². The molecule has 3 aromatic heterocycles. The predicted octanol–water partition coefficient (Wildman–Crippen LogP) is 5.36. The van der Waals surface area contributed by atoms with E-state index >= 15 is 0 Å². The Morgan fingerprint density at radius 2 is 1.73 bits per heavy atom. The topological polar surface area (TPSA) is 94.8 Å². The highest BCUT2D eigenvalue weighted by Gasteiger charge is 2.11. The molecule has 3 heterocycles. The average Bonchev–Trinajstić information content (AvgIpc) is 3.54. The Hall–Kier alpha value is -3.48. The largest absolute Gasteiger partial charge is 0.472 e. The number of aryl methyl sites for hydroxylation is 3. The number of nitrogens with one attached hydrogen (secondary N) is 1. The second-order valence-corrected chi connectivity index (χ2v) is 8.10. The second-order valence-electron chi connectivity index (χ2n) is 8.10. The molecule has 0 saturated heterocycles. The quantitative estimate of drug-likeness (QED) is 0.277. The summed E-state index contributed by atoms with van der Waals surface area (Å²) in [6, 6.07) is 5.85. The molecule has 1 amide bonds. The molecular formula is C26H31NO6. The van der Waals surface area contributed by atoms with Gasteiger partial charge in [-0.05, 0) is 86.4 Å². The number of rotatable bonds is 13. The first kappa shape index (κ1) is 24.2. The summed E-state index contributed by atoms with van der Waals surface area (Å²) in [4.78, 5) is 22.8. The molecule has 3 aromatic rings. The molecule has 0 aliphatic heterocycles. The van der Waals surface area contributed by atoms with E-state index in [1.54, 1.807) is 24.9 Å². The fourth-order valence-electron chi connectivity index (χ4n) is 3.49. The summed E-state index contributed by atoms with van der Waals surface area (Å²) in [5.41, 5.74) is 4.64. The van der Waals surface area contributed by atoms with Gasteiger partial charge in [0.15, 0.2) is 5.76 Å². The fraction of sp³-hybridized carbons (Fsp3) is 0.385. The van der Waals surface area contributed by atoms with Gasteiger partial charge < -0.3 is 23.3 Å². The molecule has 176 valence electrons. The number of amides is 1. The van der Waals surface area contributed by atoms with Gasteiger partial charge in [0.2, 0.25) is 0 Å². The molecule has 33 heavy (non-hydrogen) atoms. The SMILES string of the molecule is CC(=O)OCCNC(=O)c1cc(CCC/C(C)=C/c2cc(CCCc3ccoc3)co2)co1. The van der Waals surface area contributed by atoms with E-state index in [1.165, 1.54) is 23.6 Å². The van der Waals surface area contributed by atoms with Crippen LogP contribution < -0.4 is 5.32 Å². The molecule has 0 aromatic carbocycles. The Bertz CT molecular complexity index is 1040. The summed E-state index contributed by atoms with van der Waals surface area (Å²) >= 11 is 0. The van der Waals surface area contributed by atoms with Crippen molar-refractivity contribution in [1.29, 1.82) is 0 Å². The lowest BCUT2D eigenvalue weighted by molar-refractivity contribution is -0.140. The highest BCUT2D eigenvalue weighted by atomic mass is 16.5. The number of ether oxygens (including phenoxy) is 1. The smallest absolute Gasteiger partial charge is 0.302 e. The van der Waals surface area contributed by atoms with Gasteiger partial charge in [0.05, 0.1) is 31.6 Å². The van der Waals surface area contributed by atoms with Crippen molar-refractivity contribution in [2.45, 2.75) is 52.4 Å². The molecule has 0 fully saturated rings. The monoisotopic (exact) mass is 453 g/mol. The van der Waals surface area contributed by atoms with E-state index < -0.39 is 0 Å². The van der Waals surface area contributed by atoms with Crippen LogP contribution in [0, 0.1) is 0 Å². The van der Waals surface area contributed by atoms with Crippen molar-refractivity contribution in [2.24, 2.45) is 0 Å². The second kappa shape index (κ2) is 12.5. The predicted molar refractivity (Wildman–Crippen MR) is 124 cm³/mol. The number of allylic oxidation sites excluding steroid dienone is 1. The summed E-state index contributed by atoms with van der Waals surface area (Å²) in [6.07, 6.45) is 14.7. The van der Waals surface area contributed by atoms with Gasteiger partial charge >= 0.3 is 5.97 Å². The van der Waals surface area contributed by atoms with Gasteiger partial charge in [-0.2, -0.15) is 0 Å². The molecule has 1 N–H and O–H groups in total. The summed E-state index contributed by atoms with van der Waals surface area (Å²) in [5.74, 6) is 0.448. The standard InChI is InChI=1S/C26H31NO6/c1-19(13-24-14-22(17-32-24)8-4-6-21-9-11-30-16-21)5-3-7-23-15-25(33-18-23)26(29)27-10-12-31-20(2)28/h9,11,13-18H,3-8,10,12H2,1-2H3,(H,27,29)/b19-13+. The highest BCUT2D eigenvalue weighted by molar-refractivity contribution is 5.91. The summed E-state index contributed by atoms with van der Waals surface area (Å²) < 4.78 is 20.9. The van der Waals surface area contributed by atoms with Crippen LogP contribution in [0.15, 0.2) is 62.1 Å². The molecule has 0 bridgehead atoms. The minimum absolute atomic E-state index is 0.142. The number of furan rings is 3. The van der Waals surface area contributed by atoms with E-state index in [0.717, 1.165) is 49.8 Å². The van der Waals surface area contributed by atoms with Crippen LogP contribution in [-0.4, -0.2) is 25.0 Å². The van der Waals surface area contributed by atoms with Crippen LogP contribution >= 0.6 is 0 Å². The van der Waals surface area contributed by atoms with Gasteiger partial charge in [0.25, 0.3) is 5.91 Å².